The quantitative estimate of drug-likeness (QED) is 0.707. The lowest BCUT2D eigenvalue weighted by molar-refractivity contribution is -0.170. The maximum absolute atomic E-state index is 13.8. The zero-order valence-electron chi connectivity index (χ0n) is 14.8. The number of carbonyl (C=O) groups is 1. The first-order valence-corrected chi connectivity index (χ1v) is 7.89. The van der Waals surface area contributed by atoms with E-state index in [1.54, 1.807) is 46.8 Å². The first-order valence-electron chi connectivity index (χ1n) is 7.89. The summed E-state index contributed by atoms with van der Waals surface area (Å²) >= 11 is 0. The fraction of sp³-hybridized carbons (Fsp3) is 0.500. The molecule has 7 heteroatoms. The second kappa shape index (κ2) is 6.71. The van der Waals surface area contributed by atoms with Crippen LogP contribution in [0.2, 0.25) is 0 Å². The molecule has 138 valence electrons. The van der Waals surface area contributed by atoms with Crippen molar-refractivity contribution < 1.29 is 31.9 Å². The number of ether oxygens (including phenoxy) is 2. The van der Waals surface area contributed by atoms with E-state index in [0.29, 0.717) is 5.56 Å². The van der Waals surface area contributed by atoms with Crippen LogP contribution in [-0.4, -0.2) is 18.2 Å². The predicted octanol–water partition coefficient (Wildman–Crippen LogP) is 5.18. The van der Waals surface area contributed by atoms with Crippen LogP contribution in [0.4, 0.5) is 13.2 Å². The van der Waals surface area contributed by atoms with Crippen LogP contribution in [0.3, 0.4) is 0 Å². The van der Waals surface area contributed by atoms with Crippen LogP contribution in [0.25, 0.3) is 11.0 Å². The van der Waals surface area contributed by atoms with Crippen molar-refractivity contribution in [1.29, 1.82) is 0 Å². The molecule has 0 radical (unpaired) electrons. The van der Waals surface area contributed by atoms with Crippen LogP contribution in [0, 0.1) is 6.92 Å². The molecule has 1 atom stereocenters. The largest absolute Gasteiger partial charge is 0.464 e. The number of halogens is 3. The van der Waals surface area contributed by atoms with Gasteiger partial charge >= 0.3 is 12.1 Å². The van der Waals surface area contributed by atoms with Crippen molar-refractivity contribution >= 4 is 16.9 Å². The highest BCUT2D eigenvalue weighted by molar-refractivity contribution is 5.88. The van der Waals surface area contributed by atoms with E-state index in [1.165, 1.54) is 6.07 Å². The van der Waals surface area contributed by atoms with E-state index < -0.39 is 35.2 Å². The summed E-state index contributed by atoms with van der Waals surface area (Å²) in [5.74, 6) is -1.50. The van der Waals surface area contributed by atoms with Gasteiger partial charge < -0.3 is 13.9 Å². The van der Waals surface area contributed by atoms with Gasteiger partial charge in [-0.15, -0.1) is 0 Å². The van der Waals surface area contributed by atoms with Crippen LogP contribution in [0.5, 0.6) is 0 Å². The first kappa shape index (κ1) is 19.3. The fourth-order valence-corrected chi connectivity index (χ4v) is 2.59. The van der Waals surface area contributed by atoms with Crippen molar-refractivity contribution in [3.8, 4) is 0 Å². The monoisotopic (exact) mass is 358 g/mol. The van der Waals surface area contributed by atoms with Crippen molar-refractivity contribution in [3.05, 3.63) is 35.1 Å². The Morgan fingerprint density at radius 1 is 1.24 bits per heavy atom. The standard InChI is InChI=1S/C18H21F3O4/c1-6-23-16(22)15(25-17(3,4)5)14-13(18(19,20)21)12-10(2)8-7-9-11(12)24-14/h7-9,15H,6H2,1-5H3. The summed E-state index contributed by atoms with van der Waals surface area (Å²) in [4.78, 5) is 12.3. The molecule has 0 spiro atoms. The number of esters is 1. The minimum atomic E-state index is -4.71. The van der Waals surface area contributed by atoms with Crippen LogP contribution in [0.15, 0.2) is 22.6 Å². The highest BCUT2D eigenvalue weighted by Crippen LogP contribution is 2.44. The summed E-state index contributed by atoms with van der Waals surface area (Å²) in [7, 11) is 0. The molecule has 0 amide bonds. The van der Waals surface area contributed by atoms with Crippen molar-refractivity contribution in [3.63, 3.8) is 0 Å². The number of carbonyl (C=O) groups excluding carboxylic acids is 1. The molecule has 0 aliphatic heterocycles. The molecule has 1 unspecified atom stereocenters. The first-order chi connectivity index (χ1) is 11.5. The Morgan fingerprint density at radius 2 is 1.88 bits per heavy atom. The average molecular weight is 358 g/mol. The average Bonchev–Trinajstić information content (AvgIpc) is 2.84. The van der Waals surface area contributed by atoms with Gasteiger partial charge in [-0.2, -0.15) is 13.2 Å². The molecule has 0 aliphatic rings. The highest BCUT2D eigenvalue weighted by Gasteiger charge is 2.44. The van der Waals surface area contributed by atoms with Crippen molar-refractivity contribution in [1.82, 2.24) is 0 Å². The number of furan rings is 1. The number of hydrogen-bond donors (Lipinski definition) is 0. The molecule has 0 saturated carbocycles. The SMILES string of the molecule is CCOC(=O)C(OC(C)(C)C)c1oc2cccc(C)c2c1C(F)(F)F. The number of hydrogen-bond acceptors (Lipinski definition) is 4. The van der Waals surface area contributed by atoms with Gasteiger partial charge in [-0.3, -0.25) is 0 Å². The van der Waals surface area contributed by atoms with E-state index >= 15 is 0 Å². The third-order valence-electron chi connectivity index (χ3n) is 3.44. The molecular formula is C18H21F3O4. The molecule has 2 rings (SSSR count). The molecular weight excluding hydrogens is 337 g/mol. The number of alkyl halides is 3. The van der Waals surface area contributed by atoms with Gasteiger partial charge in [0.15, 0.2) is 5.76 Å². The molecule has 0 bridgehead atoms. The Bertz CT molecular complexity index is 769. The molecule has 2 aromatic rings. The number of aryl methyl sites for hydroxylation is 1. The zero-order valence-corrected chi connectivity index (χ0v) is 14.8. The van der Waals surface area contributed by atoms with Gasteiger partial charge in [-0.25, -0.2) is 4.79 Å². The van der Waals surface area contributed by atoms with Crippen molar-refractivity contribution in [2.24, 2.45) is 0 Å². The summed E-state index contributed by atoms with van der Waals surface area (Å²) < 4.78 is 57.2. The Labute approximate surface area is 143 Å². The van der Waals surface area contributed by atoms with E-state index in [0.717, 1.165) is 0 Å². The molecule has 4 nitrogen and oxygen atoms in total. The van der Waals surface area contributed by atoms with E-state index in [-0.39, 0.29) is 17.6 Å². The summed E-state index contributed by atoms with van der Waals surface area (Å²) in [6.07, 6.45) is -6.32. The maximum atomic E-state index is 13.8. The number of rotatable bonds is 4. The topological polar surface area (TPSA) is 48.7 Å². The molecule has 0 aliphatic carbocycles. The lowest BCUT2D eigenvalue weighted by atomic mass is 10.0. The van der Waals surface area contributed by atoms with E-state index in [9.17, 15) is 18.0 Å². The van der Waals surface area contributed by atoms with Gasteiger partial charge in [0.2, 0.25) is 6.10 Å². The summed E-state index contributed by atoms with van der Waals surface area (Å²) in [5, 5.41) is -0.0724. The maximum Gasteiger partial charge on any atom is 0.420 e. The summed E-state index contributed by atoms with van der Waals surface area (Å²) in [6, 6.07) is 4.58. The smallest absolute Gasteiger partial charge is 0.420 e. The Kier molecular flexibility index (Phi) is 5.18. The van der Waals surface area contributed by atoms with Crippen LogP contribution < -0.4 is 0 Å². The van der Waals surface area contributed by atoms with Gasteiger partial charge in [-0.1, -0.05) is 12.1 Å². The van der Waals surface area contributed by atoms with Crippen LogP contribution >= 0.6 is 0 Å². The van der Waals surface area contributed by atoms with Gasteiger partial charge in [0, 0.05) is 5.39 Å². The summed E-state index contributed by atoms with van der Waals surface area (Å²) in [5.41, 5.74) is -1.43. The lowest BCUT2D eigenvalue weighted by Gasteiger charge is -2.26. The molecule has 0 saturated heterocycles. The highest BCUT2D eigenvalue weighted by atomic mass is 19.4. The molecule has 1 heterocycles. The van der Waals surface area contributed by atoms with E-state index in [1.807, 2.05) is 0 Å². The van der Waals surface area contributed by atoms with Crippen LogP contribution in [0.1, 0.15) is 50.7 Å². The van der Waals surface area contributed by atoms with Crippen molar-refractivity contribution in [2.45, 2.75) is 52.5 Å². The van der Waals surface area contributed by atoms with Gasteiger partial charge in [0.1, 0.15) is 11.1 Å². The molecule has 1 aromatic carbocycles. The van der Waals surface area contributed by atoms with E-state index in [4.69, 9.17) is 13.9 Å². The predicted molar refractivity (Wildman–Crippen MR) is 86.2 cm³/mol. The second-order valence-electron chi connectivity index (χ2n) is 6.65. The second-order valence-corrected chi connectivity index (χ2v) is 6.65. The Hall–Kier alpha value is -2.02. The number of fused-ring (bicyclic) bond motifs is 1. The molecule has 25 heavy (non-hydrogen) atoms. The van der Waals surface area contributed by atoms with E-state index in [2.05, 4.69) is 0 Å². The molecule has 0 fully saturated rings. The minimum Gasteiger partial charge on any atom is -0.464 e. The number of benzene rings is 1. The fourth-order valence-electron chi connectivity index (χ4n) is 2.59. The third-order valence-corrected chi connectivity index (χ3v) is 3.44. The van der Waals surface area contributed by atoms with Gasteiger partial charge in [0.05, 0.1) is 12.2 Å². The Balaban J connectivity index is 2.74. The van der Waals surface area contributed by atoms with Gasteiger partial charge in [-0.05, 0) is 46.2 Å². The minimum absolute atomic E-state index is 0.0173. The summed E-state index contributed by atoms with van der Waals surface area (Å²) in [6.45, 7) is 8.06. The molecule has 0 N–H and O–H groups in total. The molecule has 1 aromatic heterocycles. The Morgan fingerprint density at radius 3 is 2.40 bits per heavy atom. The van der Waals surface area contributed by atoms with Crippen molar-refractivity contribution in [2.75, 3.05) is 6.61 Å². The third kappa shape index (κ3) is 4.15. The van der Waals surface area contributed by atoms with Gasteiger partial charge in [0.25, 0.3) is 0 Å². The van der Waals surface area contributed by atoms with Crippen LogP contribution in [-0.2, 0) is 20.4 Å². The normalized spacial score (nSPS) is 13.9. The lowest BCUT2D eigenvalue weighted by Crippen LogP contribution is -2.29. The zero-order chi connectivity index (χ0) is 19.0.